The lowest BCUT2D eigenvalue weighted by molar-refractivity contribution is 0.178. The molecule has 0 saturated heterocycles. The minimum atomic E-state index is -0.309. The maximum atomic E-state index is 9.42. The van der Waals surface area contributed by atoms with Crippen molar-refractivity contribution in [3.05, 3.63) is 35.4 Å². The second kappa shape index (κ2) is 12.8. The minimum absolute atomic E-state index is 0.189. The molecule has 26 heavy (non-hydrogen) atoms. The monoisotopic (exact) mass is 383 g/mol. The number of unbranched alkanes of at least 4 members (excludes halogenated alkanes) is 1. The summed E-state index contributed by atoms with van der Waals surface area (Å²) in [6.07, 6.45) is 13.6. The molecule has 0 aromatic rings. The van der Waals surface area contributed by atoms with Crippen LogP contribution in [0.3, 0.4) is 0 Å². The molecular formula is C23H42ClNO. The Kier molecular flexibility index (Phi) is 12.5. The molecule has 3 N–H and O–H groups in total. The smallest absolute Gasteiger partial charge is 0.0434 e. The van der Waals surface area contributed by atoms with E-state index >= 15 is 0 Å². The largest absolute Gasteiger partial charge is 0.396 e. The highest BCUT2D eigenvalue weighted by Crippen LogP contribution is 2.33. The van der Waals surface area contributed by atoms with Gasteiger partial charge in [0.05, 0.1) is 0 Å². The van der Waals surface area contributed by atoms with Gasteiger partial charge in [0.2, 0.25) is 0 Å². The third-order valence-corrected chi connectivity index (χ3v) is 5.61. The topological polar surface area (TPSA) is 46.2 Å². The first-order valence-electron chi connectivity index (χ1n) is 10.2. The van der Waals surface area contributed by atoms with Crippen molar-refractivity contribution in [2.24, 2.45) is 17.1 Å². The Morgan fingerprint density at radius 1 is 1.23 bits per heavy atom. The Hall–Kier alpha value is -0.570. The van der Waals surface area contributed by atoms with Gasteiger partial charge >= 0.3 is 0 Å². The second-order valence-corrected chi connectivity index (χ2v) is 9.11. The molecule has 0 aliphatic rings. The summed E-state index contributed by atoms with van der Waals surface area (Å²) in [5, 5.41) is 10.2. The van der Waals surface area contributed by atoms with Gasteiger partial charge in [-0.25, -0.2) is 0 Å². The Labute approximate surface area is 167 Å². The van der Waals surface area contributed by atoms with E-state index in [0.29, 0.717) is 5.92 Å². The van der Waals surface area contributed by atoms with Crippen LogP contribution in [0.15, 0.2) is 35.4 Å². The predicted octanol–water partition coefficient (Wildman–Crippen LogP) is 6.73. The molecule has 0 aromatic carbocycles. The van der Waals surface area contributed by atoms with E-state index in [4.69, 9.17) is 17.3 Å². The lowest BCUT2D eigenvalue weighted by atomic mass is 9.75. The third kappa shape index (κ3) is 9.94. The zero-order chi connectivity index (χ0) is 20.2. The van der Waals surface area contributed by atoms with E-state index in [2.05, 4.69) is 47.3 Å². The number of allylic oxidation sites excluding steroid dienone is 4. The quantitative estimate of drug-likeness (QED) is 0.346. The van der Waals surface area contributed by atoms with E-state index in [1.807, 2.05) is 12.2 Å². The highest BCUT2D eigenvalue weighted by molar-refractivity contribution is 6.32. The molecule has 0 amide bonds. The van der Waals surface area contributed by atoms with E-state index in [1.54, 1.807) is 0 Å². The first-order chi connectivity index (χ1) is 12.1. The van der Waals surface area contributed by atoms with Gasteiger partial charge in [-0.05, 0) is 49.0 Å². The van der Waals surface area contributed by atoms with Gasteiger partial charge in [0.1, 0.15) is 0 Å². The SMILES string of the molecule is C=C/C=C(CCC(C)(C)C)\C(Cl)=C/C[C@@](N)(CCCC)C(CC)CCO. The number of hydrogen-bond acceptors (Lipinski definition) is 2. The number of aliphatic hydroxyl groups is 1. The lowest BCUT2D eigenvalue weighted by Crippen LogP contribution is -2.47. The molecular weight excluding hydrogens is 342 g/mol. The molecule has 2 atom stereocenters. The average molecular weight is 384 g/mol. The molecule has 0 radical (unpaired) electrons. The van der Waals surface area contributed by atoms with Gasteiger partial charge in [-0.3, -0.25) is 0 Å². The van der Waals surface area contributed by atoms with Crippen LogP contribution in [0.4, 0.5) is 0 Å². The highest BCUT2D eigenvalue weighted by atomic mass is 35.5. The standard InChI is InChI=1S/C23H42ClNO/c1-7-10-15-23(25,20(9-3)14-18-26)17-13-21(24)19(11-8-2)12-16-22(4,5)6/h8,11,13,20,26H,2,7,9-10,12,14-18,25H2,1,3-6H3/b19-11-,21-13+/t20?,23-/m0/s1. The van der Waals surface area contributed by atoms with Crippen LogP contribution in [0.5, 0.6) is 0 Å². The van der Waals surface area contributed by atoms with E-state index in [9.17, 15) is 5.11 Å². The van der Waals surface area contributed by atoms with Crippen LogP contribution in [0, 0.1) is 11.3 Å². The zero-order valence-electron chi connectivity index (χ0n) is 17.8. The fourth-order valence-electron chi connectivity index (χ4n) is 3.38. The fourth-order valence-corrected chi connectivity index (χ4v) is 3.61. The number of aliphatic hydroxyl groups excluding tert-OH is 1. The van der Waals surface area contributed by atoms with Crippen molar-refractivity contribution in [2.45, 2.75) is 91.5 Å². The second-order valence-electron chi connectivity index (χ2n) is 8.70. The molecule has 0 aliphatic heterocycles. The molecule has 0 saturated carbocycles. The first kappa shape index (κ1) is 25.4. The number of rotatable bonds is 13. The van der Waals surface area contributed by atoms with Gasteiger partial charge in [0.25, 0.3) is 0 Å². The maximum Gasteiger partial charge on any atom is 0.0434 e. The fraction of sp³-hybridized carbons (Fsp3) is 0.739. The summed E-state index contributed by atoms with van der Waals surface area (Å²) in [6, 6.07) is 0. The summed E-state index contributed by atoms with van der Waals surface area (Å²) < 4.78 is 0. The minimum Gasteiger partial charge on any atom is -0.396 e. The highest BCUT2D eigenvalue weighted by Gasteiger charge is 2.32. The van der Waals surface area contributed by atoms with E-state index in [1.165, 1.54) is 0 Å². The summed E-state index contributed by atoms with van der Waals surface area (Å²) >= 11 is 6.66. The normalized spacial score (nSPS) is 17.1. The van der Waals surface area contributed by atoms with E-state index in [0.717, 1.165) is 62.0 Å². The Bertz CT molecular complexity index is 461. The average Bonchev–Trinajstić information content (AvgIpc) is 2.58. The molecule has 0 spiro atoms. The number of nitrogens with two attached hydrogens (primary N) is 1. The van der Waals surface area contributed by atoms with Crippen LogP contribution in [-0.4, -0.2) is 17.3 Å². The number of halogens is 1. The van der Waals surface area contributed by atoms with Gasteiger partial charge in [-0.1, -0.05) is 90.3 Å². The summed E-state index contributed by atoms with van der Waals surface area (Å²) in [5.41, 5.74) is 7.93. The van der Waals surface area contributed by atoms with Crippen LogP contribution in [-0.2, 0) is 0 Å². The van der Waals surface area contributed by atoms with Crippen LogP contribution in [0.1, 0.15) is 86.0 Å². The third-order valence-electron chi connectivity index (χ3n) is 5.21. The molecule has 2 nitrogen and oxygen atoms in total. The van der Waals surface area contributed by atoms with Crippen molar-refractivity contribution in [3.63, 3.8) is 0 Å². The van der Waals surface area contributed by atoms with Gasteiger partial charge in [0.15, 0.2) is 0 Å². The van der Waals surface area contributed by atoms with E-state index < -0.39 is 0 Å². The van der Waals surface area contributed by atoms with Crippen molar-refractivity contribution < 1.29 is 5.11 Å². The van der Waals surface area contributed by atoms with Gasteiger partial charge < -0.3 is 10.8 Å². The molecule has 0 fully saturated rings. The van der Waals surface area contributed by atoms with Crippen molar-refractivity contribution in [3.8, 4) is 0 Å². The molecule has 1 unspecified atom stereocenters. The molecule has 152 valence electrons. The predicted molar refractivity (Wildman–Crippen MR) is 117 cm³/mol. The van der Waals surface area contributed by atoms with Crippen molar-refractivity contribution >= 4 is 11.6 Å². The first-order valence-corrected chi connectivity index (χ1v) is 10.6. The van der Waals surface area contributed by atoms with Crippen molar-refractivity contribution in [2.75, 3.05) is 6.61 Å². The Morgan fingerprint density at radius 2 is 1.88 bits per heavy atom. The summed E-state index contributed by atoms with van der Waals surface area (Å²) in [4.78, 5) is 0. The lowest BCUT2D eigenvalue weighted by Gasteiger charge is -2.37. The zero-order valence-corrected chi connectivity index (χ0v) is 18.5. The number of hydrogen-bond donors (Lipinski definition) is 2. The van der Waals surface area contributed by atoms with Crippen LogP contribution in [0.2, 0.25) is 0 Å². The summed E-state index contributed by atoms with van der Waals surface area (Å²) in [6.45, 7) is 15.1. The molecule has 0 heterocycles. The molecule has 0 rings (SSSR count). The van der Waals surface area contributed by atoms with E-state index in [-0.39, 0.29) is 17.6 Å². The van der Waals surface area contributed by atoms with Crippen LogP contribution >= 0.6 is 11.6 Å². The summed E-state index contributed by atoms with van der Waals surface area (Å²) in [5.74, 6) is 0.307. The Balaban J connectivity index is 5.33. The Morgan fingerprint density at radius 3 is 2.35 bits per heavy atom. The molecule has 0 bridgehead atoms. The van der Waals surface area contributed by atoms with Crippen molar-refractivity contribution in [1.82, 2.24) is 0 Å². The summed E-state index contributed by atoms with van der Waals surface area (Å²) in [7, 11) is 0. The maximum absolute atomic E-state index is 9.42. The van der Waals surface area contributed by atoms with Crippen LogP contribution < -0.4 is 5.73 Å². The van der Waals surface area contributed by atoms with Gasteiger partial charge in [-0.15, -0.1) is 0 Å². The van der Waals surface area contributed by atoms with Crippen LogP contribution in [0.25, 0.3) is 0 Å². The van der Waals surface area contributed by atoms with Crippen molar-refractivity contribution in [1.29, 1.82) is 0 Å². The van der Waals surface area contributed by atoms with Gasteiger partial charge in [0, 0.05) is 17.2 Å². The molecule has 3 heteroatoms. The molecule has 0 aromatic heterocycles. The van der Waals surface area contributed by atoms with Gasteiger partial charge in [-0.2, -0.15) is 0 Å². The molecule has 0 aliphatic carbocycles.